The average Bonchev–Trinajstić information content (AvgIpc) is 2.04. The third-order valence-electron chi connectivity index (χ3n) is 1.48. The molecule has 0 aliphatic rings. The van der Waals surface area contributed by atoms with Gasteiger partial charge >= 0.3 is 5.97 Å². The van der Waals surface area contributed by atoms with Crippen LogP contribution in [0.15, 0.2) is 22.7 Å². The number of carboxylic acid groups (broad SMARTS) is 1. The van der Waals surface area contributed by atoms with Gasteiger partial charge in [0.1, 0.15) is 0 Å². The van der Waals surface area contributed by atoms with Crippen molar-refractivity contribution in [3.8, 4) is 0 Å². The highest BCUT2D eigenvalue weighted by atomic mass is 79.9. The molecule has 13 heavy (non-hydrogen) atoms. The van der Waals surface area contributed by atoms with E-state index in [9.17, 15) is 4.79 Å². The fraction of sp³-hybridized carbons (Fsp3) is 0.125. The summed E-state index contributed by atoms with van der Waals surface area (Å²) in [6.45, 7) is 0. The second-order valence-corrected chi connectivity index (χ2v) is 6.26. The number of aromatic carboxylic acids is 1. The first-order valence-electron chi connectivity index (χ1n) is 3.33. The first-order valence-corrected chi connectivity index (χ1v) is 5.95. The molecule has 0 bridgehead atoms. The maximum absolute atomic E-state index is 10.6. The van der Waals surface area contributed by atoms with Crippen LogP contribution < -0.4 is 0 Å². The minimum Gasteiger partial charge on any atom is -0.478 e. The van der Waals surface area contributed by atoms with Crippen molar-refractivity contribution in [2.75, 3.05) is 0 Å². The Kier molecular flexibility index (Phi) is 3.94. The van der Waals surface area contributed by atoms with Gasteiger partial charge in [-0.15, -0.1) is 0 Å². The largest absolute Gasteiger partial charge is 0.478 e. The summed E-state index contributed by atoms with van der Waals surface area (Å²) >= 11 is 9.95. The molecule has 0 radical (unpaired) electrons. The topological polar surface area (TPSA) is 37.3 Å². The van der Waals surface area contributed by atoms with Crippen molar-refractivity contribution in [3.05, 3.63) is 33.8 Å². The molecule has 1 rings (SSSR count). The molecule has 70 valence electrons. The van der Waals surface area contributed by atoms with Crippen LogP contribution in [0.5, 0.6) is 0 Å². The standard InChI is InChI=1S/C8H5Br3O2/c9-6-2-1-4(8(12)13)3-5(6)7(10)11/h1-3,7H,(H,12,13). The van der Waals surface area contributed by atoms with Gasteiger partial charge in [0.05, 0.1) is 9.30 Å². The Morgan fingerprint density at radius 2 is 2.00 bits per heavy atom. The van der Waals surface area contributed by atoms with Gasteiger partial charge in [-0.2, -0.15) is 0 Å². The summed E-state index contributed by atoms with van der Waals surface area (Å²) < 4.78 is 0.824. The SMILES string of the molecule is O=C(O)c1ccc(Br)c(C(Br)Br)c1. The summed E-state index contributed by atoms with van der Waals surface area (Å²) in [7, 11) is 0. The number of carbonyl (C=O) groups is 1. The van der Waals surface area contributed by atoms with Gasteiger partial charge in [0.2, 0.25) is 0 Å². The molecule has 1 aromatic rings. The van der Waals surface area contributed by atoms with Gasteiger partial charge < -0.3 is 5.11 Å². The summed E-state index contributed by atoms with van der Waals surface area (Å²) in [5.74, 6) is -0.922. The molecule has 0 saturated carbocycles. The average molecular weight is 373 g/mol. The summed E-state index contributed by atoms with van der Waals surface area (Å²) in [6.07, 6.45) is 0. The van der Waals surface area contributed by atoms with E-state index in [0.29, 0.717) is 0 Å². The van der Waals surface area contributed by atoms with Gasteiger partial charge in [0.15, 0.2) is 0 Å². The summed E-state index contributed by atoms with van der Waals surface area (Å²) in [5, 5.41) is 8.74. The second kappa shape index (κ2) is 4.57. The van der Waals surface area contributed by atoms with Gasteiger partial charge in [0.25, 0.3) is 0 Å². The highest BCUT2D eigenvalue weighted by Crippen LogP contribution is 2.34. The maximum Gasteiger partial charge on any atom is 0.335 e. The Labute approximate surface area is 101 Å². The van der Waals surface area contributed by atoms with Gasteiger partial charge in [-0.1, -0.05) is 47.8 Å². The lowest BCUT2D eigenvalue weighted by Gasteiger charge is -2.06. The fourth-order valence-corrected chi connectivity index (χ4v) is 2.69. The molecule has 0 amide bonds. The fourth-order valence-electron chi connectivity index (χ4n) is 0.844. The third kappa shape index (κ3) is 2.79. The van der Waals surface area contributed by atoms with E-state index in [0.717, 1.165) is 10.0 Å². The molecular formula is C8H5Br3O2. The van der Waals surface area contributed by atoms with Crippen molar-refractivity contribution in [1.29, 1.82) is 0 Å². The molecule has 2 nitrogen and oxygen atoms in total. The molecule has 0 heterocycles. The molecule has 0 aliphatic carbocycles. The first-order chi connectivity index (χ1) is 6.02. The number of alkyl halides is 2. The molecule has 0 fully saturated rings. The van der Waals surface area contributed by atoms with Gasteiger partial charge in [-0.05, 0) is 23.8 Å². The predicted octanol–water partition coefficient (Wildman–Crippen LogP) is 3.94. The van der Waals surface area contributed by atoms with Crippen LogP contribution in [0.3, 0.4) is 0 Å². The van der Waals surface area contributed by atoms with Crippen LogP contribution >= 0.6 is 47.8 Å². The Morgan fingerprint density at radius 1 is 1.38 bits per heavy atom. The predicted molar refractivity (Wildman–Crippen MR) is 61.7 cm³/mol. The summed E-state index contributed by atoms with van der Waals surface area (Å²) in [4.78, 5) is 10.6. The third-order valence-corrected chi connectivity index (χ3v) is 3.19. The number of benzene rings is 1. The van der Waals surface area contributed by atoms with Crippen molar-refractivity contribution in [1.82, 2.24) is 0 Å². The zero-order valence-electron chi connectivity index (χ0n) is 6.30. The quantitative estimate of drug-likeness (QED) is 0.798. The van der Waals surface area contributed by atoms with Crippen LogP contribution in [0, 0.1) is 0 Å². The molecule has 0 spiro atoms. The van der Waals surface area contributed by atoms with E-state index in [2.05, 4.69) is 47.8 Å². The van der Waals surface area contributed by atoms with Crippen LogP contribution in [-0.2, 0) is 0 Å². The molecule has 0 saturated heterocycles. The normalized spacial score (nSPS) is 10.5. The van der Waals surface area contributed by atoms with Crippen molar-refractivity contribution in [2.24, 2.45) is 0 Å². The summed E-state index contributed by atoms with van der Waals surface area (Å²) in [5.41, 5.74) is 1.14. The van der Waals surface area contributed by atoms with Crippen LogP contribution in [0.1, 0.15) is 19.7 Å². The van der Waals surface area contributed by atoms with Crippen LogP contribution in [0.2, 0.25) is 0 Å². The van der Waals surface area contributed by atoms with E-state index in [1.165, 1.54) is 0 Å². The monoisotopic (exact) mass is 370 g/mol. The Balaban J connectivity index is 3.19. The Morgan fingerprint density at radius 3 is 2.46 bits per heavy atom. The molecule has 0 aromatic heterocycles. The lowest BCUT2D eigenvalue weighted by atomic mass is 10.1. The zero-order chi connectivity index (χ0) is 10.0. The van der Waals surface area contributed by atoms with E-state index in [1.807, 2.05) is 0 Å². The number of rotatable bonds is 2. The minimum atomic E-state index is -0.922. The van der Waals surface area contributed by atoms with E-state index in [-0.39, 0.29) is 9.30 Å². The van der Waals surface area contributed by atoms with E-state index in [1.54, 1.807) is 18.2 Å². The first kappa shape index (κ1) is 11.2. The number of halogens is 3. The molecule has 1 N–H and O–H groups in total. The minimum absolute atomic E-state index is 0.0475. The molecule has 0 unspecified atom stereocenters. The van der Waals surface area contributed by atoms with E-state index >= 15 is 0 Å². The summed E-state index contributed by atoms with van der Waals surface area (Å²) in [6, 6.07) is 4.88. The number of hydrogen-bond donors (Lipinski definition) is 1. The molecule has 0 atom stereocenters. The van der Waals surface area contributed by atoms with Crippen LogP contribution in [-0.4, -0.2) is 11.1 Å². The second-order valence-electron chi connectivity index (χ2n) is 2.34. The lowest BCUT2D eigenvalue weighted by molar-refractivity contribution is 0.0697. The Hall–Kier alpha value is 0.130. The maximum atomic E-state index is 10.6. The van der Waals surface area contributed by atoms with Crippen molar-refractivity contribution in [2.45, 2.75) is 3.74 Å². The molecule has 5 heteroatoms. The van der Waals surface area contributed by atoms with Gasteiger partial charge in [0, 0.05) is 4.47 Å². The molecule has 0 aliphatic heterocycles. The van der Waals surface area contributed by atoms with Crippen LogP contribution in [0.25, 0.3) is 0 Å². The van der Waals surface area contributed by atoms with Gasteiger partial charge in [-0.3, -0.25) is 0 Å². The molecular weight excluding hydrogens is 368 g/mol. The number of hydrogen-bond acceptors (Lipinski definition) is 1. The van der Waals surface area contributed by atoms with E-state index in [4.69, 9.17) is 5.11 Å². The van der Waals surface area contributed by atoms with E-state index < -0.39 is 5.97 Å². The Bertz CT molecular complexity index is 336. The zero-order valence-corrected chi connectivity index (χ0v) is 11.1. The lowest BCUT2D eigenvalue weighted by Crippen LogP contribution is -1.97. The highest BCUT2D eigenvalue weighted by Gasteiger charge is 2.11. The molecule has 1 aromatic carbocycles. The van der Waals surface area contributed by atoms with Gasteiger partial charge in [-0.25, -0.2) is 4.79 Å². The number of carboxylic acids is 1. The van der Waals surface area contributed by atoms with Crippen molar-refractivity contribution < 1.29 is 9.90 Å². The smallest absolute Gasteiger partial charge is 0.335 e. The van der Waals surface area contributed by atoms with Crippen LogP contribution in [0.4, 0.5) is 0 Å². The highest BCUT2D eigenvalue weighted by molar-refractivity contribution is 9.24. The van der Waals surface area contributed by atoms with Crippen molar-refractivity contribution >= 4 is 53.8 Å². The van der Waals surface area contributed by atoms with Crippen molar-refractivity contribution in [3.63, 3.8) is 0 Å².